The number of anilines is 1. The quantitative estimate of drug-likeness (QED) is 0.814. The molecule has 0 spiro atoms. The molecule has 2 N–H and O–H groups in total. The molecule has 2 aromatic carbocycles. The maximum Gasteiger partial charge on any atom is 0.326 e. The van der Waals surface area contributed by atoms with Gasteiger partial charge in [-0.05, 0) is 38.5 Å². The fraction of sp³-hybridized carbons (Fsp3) is 0.250. The van der Waals surface area contributed by atoms with Crippen LogP contribution in [-0.2, 0) is 15.1 Å². The number of imide groups is 1. The van der Waals surface area contributed by atoms with Gasteiger partial charge in [-0.25, -0.2) is 14.1 Å². The zero-order valence-corrected chi connectivity index (χ0v) is 15.2. The van der Waals surface area contributed by atoms with Gasteiger partial charge in [-0.1, -0.05) is 42.0 Å². The Bertz CT molecular complexity index is 913. The number of carbonyl (C=O) groups is 3. The third-order valence-corrected chi connectivity index (χ3v) is 4.75. The van der Waals surface area contributed by atoms with Crippen LogP contribution >= 0.6 is 0 Å². The summed E-state index contributed by atoms with van der Waals surface area (Å²) in [5.41, 5.74) is 0.365. The monoisotopic (exact) mass is 369 g/mol. The lowest BCUT2D eigenvalue weighted by molar-refractivity contribution is -0.136. The summed E-state index contributed by atoms with van der Waals surface area (Å²) in [6, 6.07) is 11.1. The first-order valence-corrected chi connectivity index (χ1v) is 8.52. The minimum absolute atomic E-state index is 0.0114. The van der Waals surface area contributed by atoms with E-state index in [2.05, 4.69) is 10.6 Å². The number of amides is 4. The maximum atomic E-state index is 13.7. The highest BCUT2D eigenvalue weighted by atomic mass is 19.1. The van der Waals surface area contributed by atoms with Gasteiger partial charge in [-0.15, -0.1) is 0 Å². The molecule has 7 heteroatoms. The van der Waals surface area contributed by atoms with Crippen molar-refractivity contribution in [1.29, 1.82) is 0 Å². The summed E-state index contributed by atoms with van der Waals surface area (Å²) in [4.78, 5) is 38.8. The van der Waals surface area contributed by atoms with Crippen molar-refractivity contribution in [3.05, 3.63) is 65.5 Å². The average molecular weight is 369 g/mol. The zero-order chi connectivity index (χ0) is 19.8. The molecule has 6 nitrogen and oxygen atoms in total. The van der Waals surface area contributed by atoms with Gasteiger partial charge in [0.2, 0.25) is 5.91 Å². The first-order chi connectivity index (χ1) is 12.7. The molecule has 2 atom stereocenters. The Balaban J connectivity index is 1.83. The number of carbonyl (C=O) groups excluding carboxylic acids is 3. The second kappa shape index (κ2) is 6.83. The Morgan fingerprint density at radius 2 is 1.78 bits per heavy atom. The van der Waals surface area contributed by atoms with E-state index in [0.717, 1.165) is 10.5 Å². The minimum Gasteiger partial charge on any atom is -0.322 e. The van der Waals surface area contributed by atoms with Crippen molar-refractivity contribution in [2.45, 2.75) is 32.4 Å². The Morgan fingerprint density at radius 1 is 1.15 bits per heavy atom. The molecule has 1 saturated heterocycles. The van der Waals surface area contributed by atoms with Gasteiger partial charge in [0.25, 0.3) is 5.91 Å². The number of halogens is 1. The average Bonchev–Trinajstić information content (AvgIpc) is 2.86. The summed E-state index contributed by atoms with van der Waals surface area (Å²) in [6.45, 7) is 4.94. The molecule has 0 unspecified atom stereocenters. The summed E-state index contributed by atoms with van der Waals surface area (Å²) in [5, 5.41) is 5.07. The lowest BCUT2D eigenvalue weighted by Gasteiger charge is -2.24. The van der Waals surface area contributed by atoms with Crippen molar-refractivity contribution >= 4 is 23.5 Å². The third kappa shape index (κ3) is 3.28. The van der Waals surface area contributed by atoms with Crippen molar-refractivity contribution in [2.75, 3.05) is 5.32 Å². The number of urea groups is 1. The molecule has 27 heavy (non-hydrogen) atoms. The molecule has 1 aliphatic rings. The number of hydrogen-bond donors (Lipinski definition) is 2. The number of aryl methyl sites for hydroxylation is 1. The van der Waals surface area contributed by atoms with Gasteiger partial charge in [-0.2, -0.15) is 0 Å². The van der Waals surface area contributed by atoms with Gasteiger partial charge in [-0.3, -0.25) is 9.59 Å². The highest BCUT2D eigenvalue weighted by Crippen LogP contribution is 2.30. The molecule has 140 valence electrons. The third-order valence-electron chi connectivity index (χ3n) is 4.75. The number of nitrogens with one attached hydrogen (secondary N) is 2. The first kappa shape index (κ1) is 18.6. The van der Waals surface area contributed by atoms with Crippen molar-refractivity contribution < 1.29 is 18.8 Å². The topological polar surface area (TPSA) is 78.5 Å². The van der Waals surface area contributed by atoms with Crippen LogP contribution in [0.25, 0.3) is 0 Å². The maximum absolute atomic E-state index is 13.7. The summed E-state index contributed by atoms with van der Waals surface area (Å²) >= 11 is 0. The normalized spacial score (nSPS) is 20.4. The van der Waals surface area contributed by atoms with Crippen LogP contribution in [0.1, 0.15) is 25.0 Å². The van der Waals surface area contributed by atoms with E-state index in [1.807, 2.05) is 19.1 Å². The molecule has 2 aromatic rings. The number of benzene rings is 2. The van der Waals surface area contributed by atoms with Gasteiger partial charge < -0.3 is 10.6 Å². The van der Waals surface area contributed by atoms with Crippen LogP contribution < -0.4 is 10.6 Å². The van der Waals surface area contributed by atoms with Gasteiger partial charge in [0.05, 0.1) is 5.69 Å². The van der Waals surface area contributed by atoms with Crippen molar-refractivity contribution in [2.24, 2.45) is 0 Å². The lowest BCUT2D eigenvalue weighted by atomic mass is 9.91. The molecule has 3 rings (SSSR count). The van der Waals surface area contributed by atoms with E-state index >= 15 is 0 Å². The second-order valence-electron chi connectivity index (χ2n) is 6.74. The van der Waals surface area contributed by atoms with E-state index in [1.54, 1.807) is 25.1 Å². The molecule has 0 saturated carbocycles. The van der Waals surface area contributed by atoms with Crippen molar-refractivity contribution in [1.82, 2.24) is 10.2 Å². The Hall–Kier alpha value is -3.22. The van der Waals surface area contributed by atoms with Crippen LogP contribution in [-0.4, -0.2) is 28.8 Å². The summed E-state index contributed by atoms with van der Waals surface area (Å²) in [6.07, 6.45) is 0. The zero-order valence-electron chi connectivity index (χ0n) is 15.2. The Kier molecular flexibility index (Phi) is 4.70. The number of nitrogens with zero attached hydrogens (tertiary/aromatic N) is 1. The fourth-order valence-electron chi connectivity index (χ4n) is 3.01. The SMILES string of the molecule is Cc1ccc([C@@]2(C)NC(=O)N([C@@H](C)C(=O)Nc3ccccc3F)C2=O)cc1. The molecule has 1 fully saturated rings. The molecular weight excluding hydrogens is 349 g/mol. The fourth-order valence-corrected chi connectivity index (χ4v) is 3.01. The molecule has 0 aromatic heterocycles. The predicted molar refractivity (Wildman–Crippen MR) is 98.4 cm³/mol. The van der Waals surface area contributed by atoms with Crippen LogP contribution in [0.2, 0.25) is 0 Å². The Labute approximate surface area is 156 Å². The van der Waals surface area contributed by atoms with Crippen LogP contribution in [0.3, 0.4) is 0 Å². The van der Waals surface area contributed by atoms with E-state index in [0.29, 0.717) is 5.56 Å². The number of para-hydroxylation sites is 1. The van der Waals surface area contributed by atoms with Gasteiger partial charge in [0, 0.05) is 0 Å². The highest BCUT2D eigenvalue weighted by molar-refractivity contribution is 6.11. The van der Waals surface area contributed by atoms with Crippen molar-refractivity contribution in [3.8, 4) is 0 Å². The summed E-state index contributed by atoms with van der Waals surface area (Å²) < 4.78 is 13.7. The van der Waals surface area contributed by atoms with Crippen LogP contribution in [0, 0.1) is 12.7 Å². The smallest absolute Gasteiger partial charge is 0.322 e. The minimum atomic E-state index is -1.27. The molecule has 1 heterocycles. The number of rotatable bonds is 4. The van der Waals surface area contributed by atoms with E-state index in [-0.39, 0.29) is 5.69 Å². The number of hydrogen-bond acceptors (Lipinski definition) is 3. The van der Waals surface area contributed by atoms with Gasteiger partial charge >= 0.3 is 6.03 Å². The molecule has 0 bridgehead atoms. The summed E-state index contributed by atoms with van der Waals surface area (Å²) in [5.74, 6) is -1.79. The van der Waals surface area contributed by atoms with Gasteiger partial charge in [0.1, 0.15) is 17.4 Å². The van der Waals surface area contributed by atoms with Crippen LogP contribution in [0.5, 0.6) is 0 Å². The van der Waals surface area contributed by atoms with Crippen LogP contribution in [0.15, 0.2) is 48.5 Å². The standard InChI is InChI=1S/C20H20FN3O3/c1-12-8-10-14(11-9-12)20(3)18(26)24(19(27)23-20)13(2)17(25)22-16-7-5-4-6-15(16)21/h4-11,13H,1-3H3,(H,22,25)(H,23,27)/t13-,20+/m0/s1. The van der Waals surface area contributed by atoms with Crippen molar-refractivity contribution in [3.63, 3.8) is 0 Å². The molecule has 4 amide bonds. The largest absolute Gasteiger partial charge is 0.326 e. The van der Waals surface area contributed by atoms with E-state index in [9.17, 15) is 18.8 Å². The van der Waals surface area contributed by atoms with E-state index < -0.39 is 35.2 Å². The van der Waals surface area contributed by atoms with Gasteiger partial charge in [0.15, 0.2) is 0 Å². The summed E-state index contributed by atoms with van der Waals surface area (Å²) in [7, 11) is 0. The molecular formula is C20H20FN3O3. The Morgan fingerprint density at radius 3 is 2.41 bits per heavy atom. The highest BCUT2D eigenvalue weighted by Gasteiger charge is 2.51. The first-order valence-electron chi connectivity index (χ1n) is 8.52. The second-order valence-corrected chi connectivity index (χ2v) is 6.74. The molecule has 1 aliphatic heterocycles. The van der Waals surface area contributed by atoms with E-state index in [1.165, 1.54) is 25.1 Å². The van der Waals surface area contributed by atoms with E-state index in [4.69, 9.17) is 0 Å². The molecule has 0 aliphatic carbocycles. The lowest BCUT2D eigenvalue weighted by Crippen LogP contribution is -2.47. The molecule has 0 radical (unpaired) electrons. The van der Waals surface area contributed by atoms with Crippen LogP contribution in [0.4, 0.5) is 14.9 Å². The predicted octanol–water partition coefficient (Wildman–Crippen LogP) is 2.93.